The molecule has 0 saturated carbocycles. The summed E-state index contributed by atoms with van der Waals surface area (Å²) in [6.45, 7) is 7.58. The number of esters is 2. The maximum Gasteiger partial charge on any atom is 0.348 e. The molecule has 1 aliphatic rings. The quantitative estimate of drug-likeness (QED) is 0.668. The van der Waals surface area contributed by atoms with Crippen molar-refractivity contribution in [2.75, 3.05) is 0 Å². The summed E-state index contributed by atoms with van der Waals surface area (Å²) in [5.41, 5.74) is 0. The molecule has 0 bridgehead atoms. The highest BCUT2D eigenvalue weighted by Crippen LogP contribution is 2.20. The van der Waals surface area contributed by atoms with Gasteiger partial charge in [-0.15, -0.1) is 0 Å². The van der Waals surface area contributed by atoms with Crippen molar-refractivity contribution < 1.29 is 19.1 Å². The maximum atomic E-state index is 11.5. The van der Waals surface area contributed by atoms with Crippen LogP contribution in [0.25, 0.3) is 0 Å². The highest BCUT2D eigenvalue weighted by molar-refractivity contribution is 5.87. The third kappa shape index (κ3) is 2.94. The summed E-state index contributed by atoms with van der Waals surface area (Å²) in [7, 11) is 0. The van der Waals surface area contributed by atoms with E-state index in [1.54, 1.807) is 0 Å². The van der Waals surface area contributed by atoms with E-state index in [0.29, 0.717) is 12.3 Å². The molecule has 1 saturated heterocycles. The molecule has 1 fully saturated rings. The maximum absolute atomic E-state index is 11.5. The number of hydrogen-bond donors (Lipinski definition) is 0. The van der Waals surface area contributed by atoms with E-state index in [1.165, 1.54) is 0 Å². The van der Waals surface area contributed by atoms with Crippen LogP contribution in [0.5, 0.6) is 0 Å². The van der Waals surface area contributed by atoms with Crippen LogP contribution in [0.15, 0.2) is 0 Å². The number of rotatable bonds is 3. The highest BCUT2D eigenvalue weighted by atomic mass is 16.6. The van der Waals surface area contributed by atoms with Gasteiger partial charge in [-0.05, 0) is 12.3 Å². The molecule has 2 atom stereocenters. The Kier molecular flexibility index (Phi) is 3.72. The van der Waals surface area contributed by atoms with Gasteiger partial charge in [0.05, 0.1) is 0 Å². The molecule has 1 rings (SSSR count). The van der Waals surface area contributed by atoms with Crippen molar-refractivity contribution in [3.8, 4) is 0 Å². The molecule has 0 aromatic heterocycles. The lowest BCUT2D eigenvalue weighted by Gasteiger charge is -2.29. The lowest BCUT2D eigenvalue weighted by molar-refractivity contribution is -0.199. The Morgan fingerprint density at radius 2 is 1.67 bits per heavy atom. The molecule has 0 N–H and O–H groups in total. The highest BCUT2D eigenvalue weighted by Gasteiger charge is 2.39. The average molecular weight is 214 g/mol. The fourth-order valence-electron chi connectivity index (χ4n) is 1.49. The van der Waals surface area contributed by atoms with Crippen LogP contribution in [0, 0.1) is 11.8 Å². The molecule has 1 aliphatic heterocycles. The van der Waals surface area contributed by atoms with Crippen molar-refractivity contribution >= 4 is 11.9 Å². The third-order valence-electron chi connectivity index (χ3n) is 2.29. The predicted molar refractivity (Wildman–Crippen MR) is 54.1 cm³/mol. The van der Waals surface area contributed by atoms with E-state index >= 15 is 0 Å². The van der Waals surface area contributed by atoms with Crippen molar-refractivity contribution in [3.05, 3.63) is 0 Å². The van der Waals surface area contributed by atoms with Gasteiger partial charge in [-0.2, -0.15) is 0 Å². The molecule has 86 valence electrons. The van der Waals surface area contributed by atoms with Gasteiger partial charge in [-0.3, -0.25) is 0 Å². The Morgan fingerprint density at radius 1 is 1.07 bits per heavy atom. The van der Waals surface area contributed by atoms with Crippen molar-refractivity contribution in [3.63, 3.8) is 0 Å². The van der Waals surface area contributed by atoms with Gasteiger partial charge in [-0.25, -0.2) is 9.59 Å². The SMILES string of the molecule is CC(C)CC1OC(=O)C(C(C)C)OC1=O. The smallest absolute Gasteiger partial charge is 0.348 e. The van der Waals surface area contributed by atoms with E-state index in [2.05, 4.69) is 0 Å². The average Bonchev–Trinajstić information content (AvgIpc) is 2.09. The van der Waals surface area contributed by atoms with Crippen molar-refractivity contribution in [1.29, 1.82) is 0 Å². The van der Waals surface area contributed by atoms with E-state index < -0.39 is 24.1 Å². The zero-order valence-corrected chi connectivity index (χ0v) is 9.65. The fourth-order valence-corrected chi connectivity index (χ4v) is 1.49. The van der Waals surface area contributed by atoms with Crippen LogP contribution < -0.4 is 0 Å². The van der Waals surface area contributed by atoms with Crippen LogP contribution in [-0.2, 0) is 19.1 Å². The Hall–Kier alpha value is -1.06. The monoisotopic (exact) mass is 214 g/mol. The fraction of sp³-hybridized carbons (Fsp3) is 0.818. The Morgan fingerprint density at radius 3 is 2.13 bits per heavy atom. The zero-order chi connectivity index (χ0) is 11.6. The Bertz CT molecular complexity index is 257. The first-order chi connectivity index (χ1) is 6.91. The zero-order valence-electron chi connectivity index (χ0n) is 9.65. The largest absolute Gasteiger partial charge is 0.448 e. The number of hydrogen-bond acceptors (Lipinski definition) is 4. The Balaban J connectivity index is 2.63. The molecule has 0 spiro atoms. The lowest BCUT2D eigenvalue weighted by atomic mass is 10.0. The second kappa shape index (κ2) is 4.64. The molecule has 0 aromatic rings. The summed E-state index contributed by atoms with van der Waals surface area (Å²) < 4.78 is 10.1. The van der Waals surface area contributed by atoms with Gasteiger partial charge in [0.1, 0.15) is 0 Å². The summed E-state index contributed by atoms with van der Waals surface area (Å²) in [4.78, 5) is 23.0. The normalized spacial score (nSPS) is 26.8. The van der Waals surface area contributed by atoms with Crippen LogP contribution >= 0.6 is 0 Å². The van der Waals surface area contributed by atoms with E-state index in [-0.39, 0.29) is 5.92 Å². The molecule has 2 unspecified atom stereocenters. The topological polar surface area (TPSA) is 52.6 Å². The van der Waals surface area contributed by atoms with Gasteiger partial charge in [-0.1, -0.05) is 27.7 Å². The number of cyclic esters (lactones) is 2. The second-order valence-corrected chi connectivity index (χ2v) is 4.66. The molecule has 0 aromatic carbocycles. The van der Waals surface area contributed by atoms with Gasteiger partial charge in [0.15, 0.2) is 6.10 Å². The van der Waals surface area contributed by atoms with Gasteiger partial charge >= 0.3 is 11.9 Å². The van der Waals surface area contributed by atoms with Crippen LogP contribution in [0.3, 0.4) is 0 Å². The molecule has 0 radical (unpaired) electrons. The number of ether oxygens (including phenoxy) is 2. The summed E-state index contributed by atoms with van der Waals surface area (Å²) >= 11 is 0. The molecule has 4 nitrogen and oxygen atoms in total. The minimum atomic E-state index is -0.735. The molecule has 15 heavy (non-hydrogen) atoms. The van der Waals surface area contributed by atoms with Crippen molar-refractivity contribution in [2.24, 2.45) is 11.8 Å². The van der Waals surface area contributed by atoms with Gasteiger partial charge < -0.3 is 9.47 Å². The molecular weight excluding hydrogens is 196 g/mol. The third-order valence-corrected chi connectivity index (χ3v) is 2.29. The standard InChI is InChI=1S/C11H18O4/c1-6(2)5-8-10(12)15-9(7(3)4)11(13)14-8/h6-9H,5H2,1-4H3. The van der Waals surface area contributed by atoms with E-state index in [4.69, 9.17) is 9.47 Å². The molecule has 1 heterocycles. The van der Waals surface area contributed by atoms with Crippen LogP contribution in [0.4, 0.5) is 0 Å². The minimum Gasteiger partial charge on any atom is -0.448 e. The lowest BCUT2D eigenvalue weighted by Crippen LogP contribution is -2.46. The number of carbonyl (C=O) groups excluding carboxylic acids is 2. The first-order valence-corrected chi connectivity index (χ1v) is 5.32. The van der Waals surface area contributed by atoms with Gasteiger partial charge in [0.25, 0.3) is 0 Å². The number of carbonyl (C=O) groups is 2. The minimum absolute atomic E-state index is 0.0403. The summed E-state index contributed by atoms with van der Waals surface area (Å²) in [6.07, 6.45) is -0.927. The van der Waals surface area contributed by atoms with Crippen molar-refractivity contribution in [1.82, 2.24) is 0 Å². The Labute approximate surface area is 89.9 Å². The van der Waals surface area contributed by atoms with Gasteiger partial charge in [0.2, 0.25) is 6.10 Å². The summed E-state index contributed by atoms with van der Waals surface area (Å²) in [6, 6.07) is 0. The molecule has 0 aliphatic carbocycles. The second-order valence-electron chi connectivity index (χ2n) is 4.66. The first-order valence-electron chi connectivity index (χ1n) is 5.32. The first kappa shape index (κ1) is 12.0. The van der Waals surface area contributed by atoms with Crippen LogP contribution in [0.2, 0.25) is 0 Å². The summed E-state index contributed by atoms with van der Waals surface area (Å²) in [5, 5.41) is 0. The van der Waals surface area contributed by atoms with E-state index in [9.17, 15) is 9.59 Å². The summed E-state index contributed by atoms with van der Waals surface area (Å²) in [5.74, 6) is -0.579. The molecule has 0 amide bonds. The van der Waals surface area contributed by atoms with Crippen LogP contribution in [-0.4, -0.2) is 24.1 Å². The van der Waals surface area contributed by atoms with E-state index in [1.807, 2.05) is 27.7 Å². The molecule has 4 heteroatoms. The predicted octanol–water partition coefficient (Wildman–Crippen LogP) is 1.53. The van der Waals surface area contributed by atoms with Crippen LogP contribution in [0.1, 0.15) is 34.1 Å². The van der Waals surface area contributed by atoms with E-state index in [0.717, 1.165) is 0 Å². The molecular formula is C11H18O4. The van der Waals surface area contributed by atoms with Crippen molar-refractivity contribution in [2.45, 2.75) is 46.3 Å². The van der Waals surface area contributed by atoms with Gasteiger partial charge in [0, 0.05) is 5.92 Å².